The molecule has 0 aliphatic carbocycles. The summed E-state index contributed by atoms with van der Waals surface area (Å²) in [5.41, 5.74) is -0.124. The number of carbonyl (C=O) groups excluding carboxylic acids is 1. The van der Waals surface area contributed by atoms with E-state index in [0.29, 0.717) is 0 Å². The fraction of sp³-hybridized carbons (Fsp3) is 0.562. The van der Waals surface area contributed by atoms with Gasteiger partial charge in [0, 0.05) is 6.07 Å². The first kappa shape index (κ1) is 19.5. The minimum atomic E-state index is -2.32. The van der Waals surface area contributed by atoms with Crippen molar-refractivity contribution in [3.8, 4) is 0 Å². The van der Waals surface area contributed by atoms with Crippen molar-refractivity contribution in [3.05, 3.63) is 39.9 Å². The first-order valence-corrected chi connectivity index (χ1v) is 10.4. The molecule has 0 bridgehead atoms. The molecule has 128 valence electrons. The average molecular weight is 339 g/mol. The second-order valence-corrected chi connectivity index (χ2v) is 11.9. The molecule has 1 aromatic rings. The summed E-state index contributed by atoms with van der Waals surface area (Å²) in [5.74, 6) is -0.347. The topological polar surface area (TPSA) is 89.7 Å². The number of benzene rings is 1. The highest BCUT2D eigenvalue weighted by molar-refractivity contribution is 6.74. The van der Waals surface area contributed by atoms with E-state index in [4.69, 9.17) is 4.43 Å². The maximum absolute atomic E-state index is 12.0. The highest BCUT2D eigenvalue weighted by Crippen LogP contribution is 2.39. The third kappa shape index (κ3) is 4.46. The first-order valence-electron chi connectivity index (χ1n) is 7.48. The van der Waals surface area contributed by atoms with E-state index >= 15 is 0 Å². The number of hydrogen-bond donors (Lipinski definition) is 1. The number of nitrogens with zero attached hydrogens (tertiary/aromatic N) is 1. The lowest BCUT2D eigenvalue weighted by molar-refractivity contribution is -0.386. The number of nitro benzene ring substituents is 1. The lowest BCUT2D eigenvalue weighted by atomic mass is 10.0. The summed E-state index contributed by atoms with van der Waals surface area (Å²) < 4.78 is 6.03. The Labute approximate surface area is 137 Å². The minimum absolute atomic E-state index is 0.0939. The molecule has 23 heavy (non-hydrogen) atoms. The van der Waals surface area contributed by atoms with E-state index in [1.165, 1.54) is 25.1 Å². The smallest absolute Gasteiger partial charge is 0.275 e. The molecule has 0 aliphatic heterocycles. The van der Waals surface area contributed by atoms with Crippen LogP contribution in [0.3, 0.4) is 0 Å². The predicted molar refractivity (Wildman–Crippen MR) is 90.8 cm³/mol. The number of Topliss-reactive ketones (excluding diaryl/α,β-unsaturated/α-hetero) is 1. The van der Waals surface area contributed by atoms with Crippen LogP contribution in [0.25, 0.3) is 0 Å². The zero-order chi connectivity index (χ0) is 18.0. The Morgan fingerprint density at radius 2 is 1.83 bits per heavy atom. The molecule has 7 heteroatoms. The van der Waals surface area contributed by atoms with E-state index in [1.807, 2.05) is 33.9 Å². The molecule has 1 rings (SSSR count). The third-order valence-corrected chi connectivity index (χ3v) is 8.82. The molecular formula is C16H25NO5Si. The van der Waals surface area contributed by atoms with Gasteiger partial charge in [-0.05, 0) is 31.1 Å². The van der Waals surface area contributed by atoms with Gasteiger partial charge in [0.05, 0.1) is 10.5 Å². The molecule has 0 amide bonds. The zero-order valence-corrected chi connectivity index (χ0v) is 15.5. The van der Waals surface area contributed by atoms with Crippen molar-refractivity contribution in [2.75, 3.05) is 0 Å². The summed E-state index contributed by atoms with van der Waals surface area (Å²) >= 11 is 0. The number of hydrogen-bond acceptors (Lipinski definition) is 5. The maximum atomic E-state index is 12.0. The molecule has 6 nitrogen and oxygen atoms in total. The molecule has 0 fully saturated rings. The second-order valence-electron chi connectivity index (χ2n) is 7.17. The Bertz CT molecular complexity index is 594. The standard InChI is InChI=1S/C16H25NO5Si/c1-11(18)15(22-23(5,6)16(2,3)4)14(19)12-9-7-8-10-13(12)17(20)21/h7-10,14-15,19H,1-6H3/t14-,15-/m0/s1. The van der Waals surface area contributed by atoms with Gasteiger partial charge in [-0.15, -0.1) is 0 Å². The molecule has 2 atom stereocenters. The fourth-order valence-electron chi connectivity index (χ4n) is 1.93. The summed E-state index contributed by atoms with van der Waals surface area (Å²) in [7, 11) is -2.32. The molecule has 1 aromatic carbocycles. The van der Waals surface area contributed by atoms with Crippen LogP contribution in [0.15, 0.2) is 24.3 Å². The van der Waals surface area contributed by atoms with Gasteiger partial charge in [-0.25, -0.2) is 0 Å². The molecule has 0 radical (unpaired) electrons. The van der Waals surface area contributed by atoms with Gasteiger partial charge >= 0.3 is 0 Å². The van der Waals surface area contributed by atoms with Gasteiger partial charge in [-0.2, -0.15) is 0 Å². The summed E-state index contributed by atoms with van der Waals surface area (Å²) in [6.45, 7) is 11.3. The number of rotatable bonds is 6. The summed E-state index contributed by atoms with van der Waals surface area (Å²) in [5, 5.41) is 21.6. The van der Waals surface area contributed by atoms with E-state index < -0.39 is 25.4 Å². The number of aliphatic hydroxyl groups is 1. The molecular weight excluding hydrogens is 314 g/mol. The van der Waals surface area contributed by atoms with Crippen LogP contribution in [0.4, 0.5) is 5.69 Å². The van der Waals surface area contributed by atoms with Gasteiger partial charge in [-0.3, -0.25) is 14.9 Å². The minimum Gasteiger partial charge on any atom is -0.404 e. The van der Waals surface area contributed by atoms with Gasteiger partial charge in [0.1, 0.15) is 12.2 Å². The molecule has 1 N–H and O–H groups in total. The van der Waals surface area contributed by atoms with Gasteiger partial charge < -0.3 is 9.53 Å². The highest BCUT2D eigenvalue weighted by Gasteiger charge is 2.43. The quantitative estimate of drug-likeness (QED) is 0.486. The summed E-state index contributed by atoms with van der Waals surface area (Å²) in [6.07, 6.45) is -2.49. The van der Waals surface area contributed by atoms with E-state index in [-0.39, 0.29) is 22.1 Å². The van der Waals surface area contributed by atoms with Crippen molar-refractivity contribution in [2.24, 2.45) is 0 Å². The first-order chi connectivity index (χ1) is 10.4. The van der Waals surface area contributed by atoms with Crippen LogP contribution in [0.1, 0.15) is 39.4 Å². The van der Waals surface area contributed by atoms with Crippen molar-refractivity contribution in [1.82, 2.24) is 0 Å². The molecule has 0 heterocycles. The van der Waals surface area contributed by atoms with Crippen molar-refractivity contribution in [1.29, 1.82) is 0 Å². The van der Waals surface area contributed by atoms with Crippen LogP contribution >= 0.6 is 0 Å². The van der Waals surface area contributed by atoms with Crippen LogP contribution in [0, 0.1) is 10.1 Å². The summed E-state index contributed by atoms with van der Waals surface area (Å²) in [4.78, 5) is 22.6. The average Bonchev–Trinajstić information content (AvgIpc) is 2.42. The van der Waals surface area contributed by atoms with Crippen molar-refractivity contribution in [2.45, 2.75) is 58.0 Å². The Morgan fingerprint density at radius 3 is 2.26 bits per heavy atom. The number of carbonyl (C=O) groups is 1. The normalized spacial score (nSPS) is 15.1. The molecule has 0 spiro atoms. The van der Waals surface area contributed by atoms with Crippen LogP contribution in [-0.2, 0) is 9.22 Å². The monoisotopic (exact) mass is 339 g/mol. The van der Waals surface area contributed by atoms with Crippen LogP contribution in [0.2, 0.25) is 18.1 Å². The zero-order valence-electron chi connectivity index (χ0n) is 14.5. The van der Waals surface area contributed by atoms with Crippen molar-refractivity contribution in [3.63, 3.8) is 0 Å². The molecule has 0 aromatic heterocycles. The van der Waals surface area contributed by atoms with E-state index in [1.54, 1.807) is 6.07 Å². The van der Waals surface area contributed by atoms with Crippen LogP contribution in [-0.4, -0.2) is 30.2 Å². The third-order valence-electron chi connectivity index (χ3n) is 4.37. The predicted octanol–water partition coefficient (Wildman–Crippen LogP) is 3.61. The second kappa shape index (κ2) is 6.90. The number of para-hydroxylation sites is 1. The summed E-state index contributed by atoms with van der Waals surface area (Å²) in [6, 6.07) is 5.87. The molecule has 0 saturated carbocycles. The molecule has 0 aliphatic rings. The van der Waals surface area contributed by atoms with Gasteiger partial charge in [0.25, 0.3) is 5.69 Å². The SMILES string of the molecule is CC(=O)[C@H](O[Si](C)(C)C(C)(C)C)[C@@H](O)c1ccccc1[N+](=O)[O-]. The van der Waals surface area contributed by atoms with E-state index in [2.05, 4.69) is 0 Å². The lowest BCUT2D eigenvalue weighted by Crippen LogP contribution is -2.47. The maximum Gasteiger partial charge on any atom is 0.275 e. The Balaban J connectivity index is 3.22. The number of ketones is 1. The van der Waals surface area contributed by atoms with E-state index in [0.717, 1.165) is 0 Å². The van der Waals surface area contributed by atoms with Crippen molar-refractivity contribution >= 4 is 19.8 Å². The Hall–Kier alpha value is -1.57. The largest absolute Gasteiger partial charge is 0.404 e. The molecule has 0 unspecified atom stereocenters. The Kier molecular flexibility index (Phi) is 5.84. The van der Waals surface area contributed by atoms with Gasteiger partial charge in [0.15, 0.2) is 14.1 Å². The Morgan fingerprint density at radius 1 is 1.30 bits per heavy atom. The lowest BCUT2D eigenvalue weighted by Gasteiger charge is -2.39. The van der Waals surface area contributed by atoms with Crippen molar-refractivity contribution < 1.29 is 19.3 Å². The van der Waals surface area contributed by atoms with Gasteiger partial charge in [-0.1, -0.05) is 32.9 Å². The van der Waals surface area contributed by atoms with Crippen LogP contribution in [0.5, 0.6) is 0 Å². The highest BCUT2D eigenvalue weighted by atomic mass is 28.4. The number of nitro groups is 1. The molecule has 0 saturated heterocycles. The van der Waals surface area contributed by atoms with E-state index in [9.17, 15) is 20.0 Å². The number of aliphatic hydroxyl groups excluding tert-OH is 1. The van der Waals surface area contributed by atoms with Crippen LogP contribution < -0.4 is 0 Å². The fourth-order valence-corrected chi connectivity index (χ4v) is 3.21. The van der Waals surface area contributed by atoms with Gasteiger partial charge in [0.2, 0.25) is 0 Å².